The molecule has 0 spiro atoms. The summed E-state index contributed by atoms with van der Waals surface area (Å²) in [6.07, 6.45) is 6.16. The molecule has 0 bridgehead atoms. The van der Waals surface area contributed by atoms with Crippen molar-refractivity contribution in [2.24, 2.45) is 0 Å². The van der Waals surface area contributed by atoms with Crippen molar-refractivity contribution < 1.29 is 13.9 Å². The Balaban J connectivity index is 1.62. The minimum Gasteiger partial charge on any atom is -0.497 e. The fourth-order valence-electron chi connectivity index (χ4n) is 3.38. The van der Waals surface area contributed by atoms with Gasteiger partial charge >= 0.3 is 0 Å². The summed E-state index contributed by atoms with van der Waals surface area (Å²) in [4.78, 5) is 0. The molecule has 0 saturated carbocycles. The van der Waals surface area contributed by atoms with Gasteiger partial charge in [-0.25, -0.2) is 4.39 Å². The van der Waals surface area contributed by atoms with E-state index in [1.807, 2.05) is 71.8 Å². The molecule has 0 radical (unpaired) electrons. The first-order valence-corrected chi connectivity index (χ1v) is 9.65. The third-order valence-electron chi connectivity index (χ3n) is 4.98. The number of nitrogens with one attached hydrogen (secondary N) is 1. The van der Waals surface area contributed by atoms with Crippen LogP contribution in [-0.2, 0) is 0 Å². The number of nitrogens with zero attached hydrogens (tertiary/aromatic N) is 1. The number of ether oxygens (including phenoxy) is 2. The molecule has 1 aliphatic heterocycles. The van der Waals surface area contributed by atoms with Crippen LogP contribution >= 0.6 is 0 Å². The number of hydrogen-bond donors (Lipinski definition) is 1. The van der Waals surface area contributed by atoms with E-state index in [-0.39, 0.29) is 11.9 Å². The minimum atomic E-state index is -0.273. The van der Waals surface area contributed by atoms with Crippen molar-refractivity contribution in [3.63, 3.8) is 0 Å². The second kappa shape index (κ2) is 8.74. The average Bonchev–Trinajstić information content (AvgIpc) is 3.22. The first-order chi connectivity index (χ1) is 14.7. The fourth-order valence-corrected chi connectivity index (χ4v) is 3.38. The SMILES string of the molecule is COc1ccc(/C=C/C2=C[C@H](c3ccc(OC)cc3)N(c3cccc(F)c3)N2)cc1. The van der Waals surface area contributed by atoms with Gasteiger partial charge in [0.1, 0.15) is 17.3 Å². The van der Waals surface area contributed by atoms with Gasteiger partial charge < -0.3 is 9.47 Å². The Labute approximate surface area is 175 Å². The predicted molar refractivity (Wildman–Crippen MR) is 118 cm³/mol. The van der Waals surface area contributed by atoms with Gasteiger partial charge in [-0.1, -0.05) is 36.4 Å². The second-order valence-electron chi connectivity index (χ2n) is 6.91. The number of methoxy groups -OCH3 is 2. The van der Waals surface area contributed by atoms with Gasteiger partial charge in [-0.15, -0.1) is 0 Å². The summed E-state index contributed by atoms with van der Waals surface area (Å²) < 4.78 is 24.3. The molecule has 4 nitrogen and oxygen atoms in total. The zero-order valence-corrected chi connectivity index (χ0v) is 16.9. The molecule has 0 aromatic heterocycles. The number of halogens is 1. The van der Waals surface area contributed by atoms with Crippen molar-refractivity contribution in [2.45, 2.75) is 6.04 Å². The van der Waals surface area contributed by atoms with Crippen LogP contribution < -0.4 is 19.9 Å². The summed E-state index contributed by atoms with van der Waals surface area (Å²) >= 11 is 0. The van der Waals surface area contributed by atoms with Crippen molar-refractivity contribution in [2.75, 3.05) is 19.2 Å². The molecule has 30 heavy (non-hydrogen) atoms. The summed E-state index contributed by atoms with van der Waals surface area (Å²) in [7, 11) is 3.30. The van der Waals surface area contributed by atoms with Gasteiger partial charge in [0.25, 0.3) is 0 Å². The summed E-state index contributed by atoms with van der Waals surface area (Å²) in [6.45, 7) is 0. The zero-order valence-electron chi connectivity index (χ0n) is 16.9. The van der Waals surface area contributed by atoms with E-state index < -0.39 is 0 Å². The number of allylic oxidation sites excluding steroid dienone is 1. The average molecular weight is 402 g/mol. The monoisotopic (exact) mass is 402 g/mol. The summed E-state index contributed by atoms with van der Waals surface area (Å²) in [5, 5.41) is 1.96. The molecular weight excluding hydrogens is 379 g/mol. The highest BCUT2D eigenvalue weighted by molar-refractivity contribution is 5.58. The van der Waals surface area contributed by atoms with E-state index in [1.54, 1.807) is 20.3 Å². The summed E-state index contributed by atoms with van der Waals surface area (Å²) in [6, 6.07) is 22.2. The lowest BCUT2D eigenvalue weighted by Crippen LogP contribution is -2.34. The van der Waals surface area contributed by atoms with Crippen LogP contribution in [-0.4, -0.2) is 14.2 Å². The molecule has 0 fully saturated rings. The van der Waals surface area contributed by atoms with Crippen molar-refractivity contribution in [3.8, 4) is 11.5 Å². The number of rotatable bonds is 6. The molecule has 1 atom stereocenters. The topological polar surface area (TPSA) is 33.7 Å². The predicted octanol–water partition coefficient (Wildman–Crippen LogP) is 5.51. The lowest BCUT2D eigenvalue weighted by molar-refractivity contribution is 0.414. The van der Waals surface area contributed by atoms with Gasteiger partial charge in [0, 0.05) is 0 Å². The highest BCUT2D eigenvalue weighted by Gasteiger charge is 2.25. The van der Waals surface area contributed by atoms with Crippen LogP contribution in [0.5, 0.6) is 11.5 Å². The van der Waals surface area contributed by atoms with E-state index in [2.05, 4.69) is 11.5 Å². The molecule has 0 unspecified atom stereocenters. The molecule has 0 aliphatic carbocycles. The minimum absolute atomic E-state index is 0.0896. The van der Waals surface area contributed by atoms with E-state index >= 15 is 0 Å². The molecule has 1 heterocycles. The number of benzene rings is 3. The number of anilines is 1. The Kier molecular flexibility index (Phi) is 5.70. The molecule has 0 amide bonds. The Morgan fingerprint density at radius 1 is 0.867 bits per heavy atom. The molecule has 4 rings (SSSR count). The van der Waals surface area contributed by atoms with Crippen molar-refractivity contribution >= 4 is 11.8 Å². The maximum atomic E-state index is 13.9. The largest absolute Gasteiger partial charge is 0.497 e. The third-order valence-corrected chi connectivity index (χ3v) is 4.98. The van der Waals surface area contributed by atoms with E-state index in [1.165, 1.54) is 12.1 Å². The highest BCUT2D eigenvalue weighted by atomic mass is 19.1. The van der Waals surface area contributed by atoms with Crippen LogP contribution in [0.25, 0.3) is 6.08 Å². The molecule has 5 heteroatoms. The maximum Gasteiger partial charge on any atom is 0.125 e. The fraction of sp³-hybridized carbons (Fsp3) is 0.120. The van der Waals surface area contributed by atoms with E-state index in [9.17, 15) is 4.39 Å². The quantitative estimate of drug-likeness (QED) is 0.590. The third kappa shape index (κ3) is 4.30. The second-order valence-corrected chi connectivity index (χ2v) is 6.91. The Bertz CT molecular complexity index is 1060. The normalized spacial score (nSPS) is 15.8. The van der Waals surface area contributed by atoms with Gasteiger partial charge in [0.05, 0.1) is 31.6 Å². The lowest BCUT2D eigenvalue weighted by atomic mass is 10.1. The lowest BCUT2D eigenvalue weighted by Gasteiger charge is -2.27. The highest BCUT2D eigenvalue weighted by Crippen LogP contribution is 2.33. The number of hydrazine groups is 1. The van der Waals surface area contributed by atoms with Gasteiger partial charge in [0.2, 0.25) is 0 Å². The summed E-state index contributed by atoms with van der Waals surface area (Å²) in [5.41, 5.74) is 7.19. The van der Waals surface area contributed by atoms with Gasteiger partial charge in [-0.05, 0) is 65.7 Å². The molecule has 152 valence electrons. The van der Waals surface area contributed by atoms with Crippen LogP contribution in [0.1, 0.15) is 17.2 Å². The molecular formula is C25H23FN2O2. The van der Waals surface area contributed by atoms with Crippen LogP contribution in [0.4, 0.5) is 10.1 Å². The summed E-state index contributed by atoms with van der Waals surface area (Å²) in [5.74, 6) is 1.35. The van der Waals surface area contributed by atoms with Crippen LogP contribution in [0.15, 0.2) is 90.6 Å². The molecule has 1 aliphatic rings. The molecule has 1 N–H and O–H groups in total. The standard InChI is InChI=1S/C25H23FN2O2/c1-29-23-12-7-18(8-13-23)6-11-21-17-25(19-9-14-24(30-2)15-10-19)28(27-21)22-5-3-4-20(26)16-22/h3-17,25,27H,1-2H3/b11-6+/t25-/m1/s1. The maximum absolute atomic E-state index is 13.9. The first kappa shape index (κ1) is 19.6. The van der Waals surface area contributed by atoms with Gasteiger partial charge in [-0.3, -0.25) is 10.4 Å². The van der Waals surface area contributed by atoms with E-state index in [0.717, 1.165) is 34.0 Å². The first-order valence-electron chi connectivity index (χ1n) is 9.65. The number of hydrogen-bond acceptors (Lipinski definition) is 4. The van der Waals surface area contributed by atoms with Crippen molar-refractivity contribution in [3.05, 3.63) is 108 Å². The Hall–Kier alpha value is -3.73. The Morgan fingerprint density at radius 2 is 1.53 bits per heavy atom. The van der Waals surface area contributed by atoms with E-state index in [4.69, 9.17) is 9.47 Å². The van der Waals surface area contributed by atoms with Gasteiger partial charge in [0.15, 0.2) is 0 Å². The van der Waals surface area contributed by atoms with Gasteiger partial charge in [-0.2, -0.15) is 0 Å². The van der Waals surface area contributed by atoms with E-state index in [0.29, 0.717) is 0 Å². The molecule has 3 aromatic carbocycles. The smallest absolute Gasteiger partial charge is 0.125 e. The van der Waals surface area contributed by atoms with Crippen LogP contribution in [0, 0.1) is 5.82 Å². The van der Waals surface area contributed by atoms with Crippen molar-refractivity contribution in [1.82, 2.24) is 5.43 Å². The Morgan fingerprint density at radius 3 is 2.17 bits per heavy atom. The van der Waals surface area contributed by atoms with Crippen molar-refractivity contribution in [1.29, 1.82) is 0 Å². The van der Waals surface area contributed by atoms with Crippen LogP contribution in [0.2, 0.25) is 0 Å². The zero-order chi connectivity index (χ0) is 20.9. The van der Waals surface area contributed by atoms with Crippen LogP contribution in [0.3, 0.4) is 0 Å². The molecule has 3 aromatic rings. The molecule has 0 saturated heterocycles.